The van der Waals surface area contributed by atoms with Gasteiger partial charge in [-0.2, -0.15) is 10.1 Å². The molecule has 3 aromatic heterocycles. The van der Waals surface area contributed by atoms with E-state index in [9.17, 15) is 4.79 Å². The SMILES string of the molecule is CC(C)c1cc(Nc2nc(N3CCCC3C(=O)CCc3ncco3)nc3c2CCC3)n[nH]1. The molecule has 1 fully saturated rings. The molecule has 1 unspecified atom stereocenters. The van der Waals surface area contributed by atoms with Crippen molar-refractivity contribution in [2.45, 2.75) is 70.8 Å². The molecule has 168 valence electrons. The van der Waals surface area contributed by atoms with Crippen LogP contribution in [-0.2, 0) is 24.1 Å². The Morgan fingerprint density at radius 2 is 2.22 bits per heavy atom. The van der Waals surface area contributed by atoms with Crippen molar-refractivity contribution in [3.05, 3.63) is 41.4 Å². The summed E-state index contributed by atoms with van der Waals surface area (Å²) in [6, 6.07) is 1.83. The van der Waals surface area contributed by atoms with Gasteiger partial charge in [-0.3, -0.25) is 9.89 Å². The Kier molecular flexibility index (Phi) is 5.63. The number of nitrogens with one attached hydrogen (secondary N) is 2. The molecule has 1 saturated heterocycles. The van der Waals surface area contributed by atoms with Gasteiger partial charge in [-0.25, -0.2) is 9.97 Å². The molecule has 0 bridgehead atoms. The average Bonchev–Trinajstić information content (AvgIpc) is 3.58. The van der Waals surface area contributed by atoms with Crippen molar-refractivity contribution >= 4 is 23.4 Å². The summed E-state index contributed by atoms with van der Waals surface area (Å²) in [5, 5.41) is 10.9. The van der Waals surface area contributed by atoms with Crippen molar-refractivity contribution in [1.82, 2.24) is 25.1 Å². The lowest BCUT2D eigenvalue weighted by Crippen LogP contribution is -2.37. The van der Waals surface area contributed by atoms with Gasteiger partial charge in [0.05, 0.1) is 17.9 Å². The van der Waals surface area contributed by atoms with Crippen LogP contribution in [0.15, 0.2) is 22.9 Å². The number of oxazole rings is 1. The van der Waals surface area contributed by atoms with Crippen LogP contribution >= 0.6 is 0 Å². The molecule has 1 aliphatic heterocycles. The van der Waals surface area contributed by atoms with Gasteiger partial charge in [0.1, 0.15) is 12.1 Å². The lowest BCUT2D eigenvalue weighted by atomic mass is 10.1. The zero-order valence-corrected chi connectivity index (χ0v) is 18.6. The van der Waals surface area contributed by atoms with Crippen LogP contribution < -0.4 is 10.2 Å². The van der Waals surface area contributed by atoms with Crippen molar-refractivity contribution < 1.29 is 9.21 Å². The van der Waals surface area contributed by atoms with E-state index in [1.54, 1.807) is 6.20 Å². The highest BCUT2D eigenvalue weighted by Gasteiger charge is 2.33. The quantitative estimate of drug-likeness (QED) is 0.550. The Morgan fingerprint density at radius 3 is 3.00 bits per heavy atom. The summed E-state index contributed by atoms with van der Waals surface area (Å²) in [7, 11) is 0. The number of ketones is 1. The fraction of sp³-hybridized carbons (Fsp3) is 0.522. The van der Waals surface area contributed by atoms with Crippen LogP contribution in [-0.4, -0.2) is 43.5 Å². The summed E-state index contributed by atoms with van der Waals surface area (Å²) in [6.45, 7) is 5.04. The molecule has 1 aliphatic carbocycles. The van der Waals surface area contributed by atoms with Gasteiger partial charge in [-0.15, -0.1) is 0 Å². The van der Waals surface area contributed by atoms with E-state index in [2.05, 4.69) is 39.2 Å². The fourth-order valence-corrected chi connectivity index (χ4v) is 4.58. The van der Waals surface area contributed by atoms with Gasteiger partial charge < -0.3 is 14.6 Å². The van der Waals surface area contributed by atoms with Crippen LogP contribution in [0.4, 0.5) is 17.6 Å². The maximum absolute atomic E-state index is 13.0. The highest BCUT2D eigenvalue weighted by Crippen LogP contribution is 2.33. The Hall–Kier alpha value is -3.23. The first-order valence-electron chi connectivity index (χ1n) is 11.5. The number of aromatic amines is 1. The van der Waals surface area contributed by atoms with Crippen LogP contribution in [0.3, 0.4) is 0 Å². The molecule has 0 saturated carbocycles. The molecule has 2 aliphatic rings. The summed E-state index contributed by atoms with van der Waals surface area (Å²) in [6.07, 6.45) is 8.81. The van der Waals surface area contributed by atoms with E-state index in [4.69, 9.17) is 14.4 Å². The van der Waals surface area contributed by atoms with Crippen LogP contribution in [0.1, 0.15) is 68.3 Å². The largest absolute Gasteiger partial charge is 0.449 e. The third-order valence-electron chi connectivity index (χ3n) is 6.34. The van der Waals surface area contributed by atoms with Crippen LogP contribution in [0.25, 0.3) is 0 Å². The highest BCUT2D eigenvalue weighted by molar-refractivity contribution is 5.87. The number of nitrogens with zero attached hydrogens (tertiary/aromatic N) is 5. The molecule has 1 atom stereocenters. The van der Waals surface area contributed by atoms with Gasteiger partial charge in [0.25, 0.3) is 0 Å². The molecule has 9 heteroatoms. The topological polar surface area (TPSA) is 113 Å². The molecular weight excluding hydrogens is 406 g/mol. The van der Waals surface area contributed by atoms with Gasteiger partial charge in [0.15, 0.2) is 17.5 Å². The van der Waals surface area contributed by atoms with Gasteiger partial charge in [0.2, 0.25) is 5.95 Å². The maximum atomic E-state index is 13.0. The van der Waals surface area contributed by atoms with Crippen LogP contribution in [0, 0.1) is 0 Å². The Bertz CT molecular complexity index is 1090. The second kappa shape index (κ2) is 8.72. The first-order chi connectivity index (χ1) is 15.6. The van der Waals surface area contributed by atoms with Gasteiger partial charge in [-0.05, 0) is 38.0 Å². The third-order valence-corrected chi connectivity index (χ3v) is 6.34. The lowest BCUT2D eigenvalue weighted by molar-refractivity contribution is -0.120. The van der Waals surface area contributed by atoms with Crippen LogP contribution in [0.2, 0.25) is 0 Å². The van der Waals surface area contributed by atoms with E-state index in [0.29, 0.717) is 30.6 Å². The minimum atomic E-state index is -0.199. The molecule has 0 radical (unpaired) electrons. The number of rotatable bonds is 8. The average molecular weight is 436 g/mol. The zero-order valence-electron chi connectivity index (χ0n) is 18.6. The number of Topliss-reactive ketones (excluding diaryl/α,β-unsaturated/α-hetero) is 1. The third kappa shape index (κ3) is 4.11. The van der Waals surface area contributed by atoms with Crippen molar-refractivity contribution in [2.75, 3.05) is 16.8 Å². The molecule has 32 heavy (non-hydrogen) atoms. The van der Waals surface area contributed by atoms with Crippen molar-refractivity contribution in [1.29, 1.82) is 0 Å². The minimum Gasteiger partial charge on any atom is -0.449 e. The van der Waals surface area contributed by atoms with E-state index >= 15 is 0 Å². The molecule has 0 aromatic carbocycles. The van der Waals surface area contributed by atoms with E-state index in [1.807, 2.05) is 6.07 Å². The number of hydrogen-bond acceptors (Lipinski definition) is 8. The number of carbonyl (C=O) groups excluding carboxylic acids is 1. The van der Waals surface area contributed by atoms with Gasteiger partial charge in [-0.1, -0.05) is 13.8 Å². The molecule has 9 nitrogen and oxygen atoms in total. The molecule has 5 rings (SSSR count). The van der Waals surface area contributed by atoms with Crippen molar-refractivity contribution in [3.63, 3.8) is 0 Å². The summed E-state index contributed by atoms with van der Waals surface area (Å²) >= 11 is 0. The Balaban J connectivity index is 1.37. The highest BCUT2D eigenvalue weighted by atomic mass is 16.3. The Morgan fingerprint density at radius 1 is 1.31 bits per heavy atom. The summed E-state index contributed by atoms with van der Waals surface area (Å²) in [4.78, 5) is 29.0. The predicted octanol–water partition coefficient (Wildman–Crippen LogP) is 3.71. The zero-order chi connectivity index (χ0) is 22.1. The van der Waals surface area contributed by atoms with E-state index in [1.165, 1.54) is 6.26 Å². The Labute approximate surface area is 187 Å². The molecule has 2 N–H and O–H groups in total. The fourth-order valence-electron chi connectivity index (χ4n) is 4.58. The van der Waals surface area contributed by atoms with Crippen molar-refractivity contribution in [3.8, 4) is 0 Å². The lowest BCUT2D eigenvalue weighted by Gasteiger charge is -2.25. The van der Waals surface area contributed by atoms with E-state index in [-0.39, 0.29) is 11.8 Å². The molecule has 0 amide bonds. The number of anilines is 3. The normalized spacial score (nSPS) is 17.8. The summed E-state index contributed by atoms with van der Waals surface area (Å²) in [5.41, 5.74) is 3.32. The minimum absolute atomic E-state index is 0.188. The molecule has 3 aromatic rings. The second-order valence-electron chi connectivity index (χ2n) is 8.88. The standard InChI is InChI=1S/C23H29N7O2/c1-14(2)17-13-20(29-28-17)26-22-15-5-3-6-16(15)25-23(27-22)30-11-4-7-18(30)19(31)8-9-21-24-10-12-32-21/h10,12-14,18H,3-9,11H2,1-2H3,(H2,25,26,27,28,29). The molecule has 0 spiro atoms. The van der Waals surface area contributed by atoms with Gasteiger partial charge in [0, 0.05) is 36.7 Å². The van der Waals surface area contributed by atoms with E-state index < -0.39 is 0 Å². The number of H-pyrrole nitrogens is 1. The number of aryl methyl sites for hydroxylation is 2. The maximum Gasteiger partial charge on any atom is 0.228 e. The first kappa shape index (κ1) is 20.7. The predicted molar refractivity (Wildman–Crippen MR) is 120 cm³/mol. The number of aromatic nitrogens is 5. The smallest absolute Gasteiger partial charge is 0.228 e. The number of fused-ring (bicyclic) bond motifs is 1. The molecule has 4 heterocycles. The first-order valence-corrected chi connectivity index (χ1v) is 11.5. The van der Waals surface area contributed by atoms with Crippen LogP contribution in [0.5, 0.6) is 0 Å². The van der Waals surface area contributed by atoms with Crippen molar-refractivity contribution in [2.24, 2.45) is 0 Å². The number of hydrogen-bond donors (Lipinski definition) is 2. The summed E-state index contributed by atoms with van der Waals surface area (Å²) in [5.74, 6) is 3.36. The van der Waals surface area contributed by atoms with E-state index in [0.717, 1.165) is 67.2 Å². The monoisotopic (exact) mass is 435 g/mol. The number of carbonyl (C=O) groups is 1. The summed E-state index contributed by atoms with van der Waals surface area (Å²) < 4.78 is 5.28. The van der Waals surface area contributed by atoms with Gasteiger partial charge >= 0.3 is 0 Å². The second-order valence-corrected chi connectivity index (χ2v) is 8.88. The molecular formula is C23H29N7O2.